The number of halogens is 1. The highest BCUT2D eigenvalue weighted by Crippen LogP contribution is 2.12. The van der Waals surface area contributed by atoms with Crippen LogP contribution in [0.1, 0.15) is 13.8 Å². The first kappa shape index (κ1) is 11.7. The molecule has 1 aromatic rings. The minimum Gasteiger partial charge on any atom is -0.480 e. The first-order chi connectivity index (χ1) is 7.00. The Morgan fingerprint density at radius 2 is 2.20 bits per heavy atom. The second-order valence-electron chi connectivity index (χ2n) is 3.43. The Morgan fingerprint density at radius 3 is 2.67 bits per heavy atom. The van der Waals surface area contributed by atoms with Gasteiger partial charge in [-0.15, -0.1) is 0 Å². The molecule has 0 amide bonds. The molecule has 0 radical (unpaired) electrons. The second kappa shape index (κ2) is 4.93. The Labute approximate surface area is 92.5 Å². The van der Waals surface area contributed by atoms with Gasteiger partial charge in [0.1, 0.15) is 17.0 Å². The molecule has 15 heavy (non-hydrogen) atoms. The Hall–Kier alpha value is -1.36. The van der Waals surface area contributed by atoms with Crippen molar-refractivity contribution < 1.29 is 9.90 Å². The fraction of sp³-hybridized carbons (Fsp3) is 0.444. The number of carboxylic acid groups (broad SMARTS) is 1. The molecule has 1 unspecified atom stereocenters. The van der Waals surface area contributed by atoms with E-state index in [1.165, 1.54) is 12.4 Å². The first-order valence-electron chi connectivity index (χ1n) is 4.47. The minimum atomic E-state index is -0.924. The molecule has 82 valence electrons. The lowest BCUT2D eigenvalue weighted by atomic mass is 10.1. The predicted octanol–water partition coefficient (Wildman–Crippen LogP) is 1.65. The van der Waals surface area contributed by atoms with Crippen molar-refractivity contribution in [2.75, 3.05) is 5.32 Å². The van der Waals surface area contributed by atoms with Gasteiger partial charge in [0.15, 0.2) is 0 Å². The van der Waals surface area contributed by atoms with Crippen molar-refractivity contribution in [3.8, 4) is 0 Å². The number of aliphatic carboxylic acids is 1. The molecule has 6 heteroatoms. The van der Waals surface area contributed by atoms with Gasteiger partial charge < -0.3 is 10.4 Å². The highest BCUT2D eigenvalue weighted by atomic mass is 35.5. The van der Waals surface area contributed by atoms with E-state index in [9.17, 15) is 4.79 Å². The van der Waals surface area contributed by atoms with Crippen molar-refractivity contribution in [2.24, 2.45) is 5.92 Å². The normalized spacial score (nSPS) is 12.5. The van der Waals surface area contributed by atoms with E-state index in [0.717, 1.165) is 0 Å². The highest BCUT2D eigenvalue weighted by molar-refractivity contribution is 6.29. The van der Waals surface area contributed by atoms with Gasteiger partial charge in [-0.1, -0.05) is 25.4 Å². The van der Waals surface area contributed by atoms with E-state index >= 15 is 0 Å². The molecule has 2 N–H and O–H groups in total. The van der Waals surface area contributed by atoms with Crippen LogP contribution in [-0.2, 0) is 4.79 Å². The smallest absolute Gasteiger partial charge is 0.326 e. The van der Waals surface area contributed by atoms with Gasteiger partial charge in [0.25, 0.3) is 0 Å². The van der Waals surface area contributed by atoms with E-state index in [1.807, 2.05) is 13.8 Å². The Morgan fingerprint density at radius 1 is 1.53 bits per heavy atom. The summed E-state index contributed by atoms with van der Waals surface area (Å²) in [7, 11) is 0. The molecule has 0 spiro atoms. The summed E-state index contributed by atoms with van der Waals surface area (Å²) in [6.45, 7) is 3.62. The van der Waals surface area contributed by atoms with Crippen LogP contribution in [-0.4, -0.2) is 27.1 Å². The second-order valence-corrected chi connectivity index (χ2v) is 3.82. The quantitative estimate of drug-likeness (QED) is 0.821. The highest BCUT2D eigenvalue weighted by Gasteiger charge is 2.21. The molecule has 0 fully saturated rings. The third kappa shape index (κ3) is 3.36. The summed E-state index contributed by atoms with van der Waals surface area (Å²) >= 11 is 5.63. The zero-order valence-corrected chi connectivity index (χ0v) is 9.19. The van der Waals surface area contributed by atoms with Crippen LogP contribution in [0.4, 0.5) is 5.82 Å². The number of hydrogen-bond acceptors (Lipinski definition) is 4. The van der Waals surface area contributed by atoms with Crippen LogP contribution in [0.3, 0.4) is 0 Å². The van der Waals surface area contributed by atoms with Crippen LogP contribution in [0.15, 0.2) is 12.4 Å². The molecule has 1 heterocycles. The molecular formula is C9H12ClN3O2. The van der Waals surface area contributed by atoms with Gasteiger partial charge in [-0.3, -0.25) is 4.98 Å². The van der Waals surface area contributed by atoms with Gasteiger partial charge in [0, 0.05) is 0 Å². The van der Waals surface area contributed by atoms with E-state index in [4.69, 9.17) is 16.7 Å². The largest absolute Gasteiger partial charge is 0.480 e. The topological polar surface area (TPSA) is 75.1 Å². The molecular weight excluding hydrogens is 218 g/mol. The summed E-state index contributed by atoms with van der Waals surface area (Å²) in [6.07, 6.45) is 2.82. The summed E-state index contributed by atoms with van der Waals surface area (Å²) in [5.74, 6) is -0.612. The van der Waals surface area contributed by atoms with Gasteiger partial charge in [0.2, 0.25) is 0 Å². The maximum absolute atomic E-state index is 10.9. The maximum Gasteiger partial charge on any atom is 0.326 e. The molecule has 0 saturated heterocycles. The molecule has 1 rings (SSSR count). The standard InChI is InChI=1S/C9H12ClN3O2/c1-5(2)8(9(14)15)13-7-4-11-3-6(10)12-7/h3-5,8H,1-2H3,(H,12,13)(H,14,15). The SMILES string of the molecule is CC(C)C(Nc1cncc(Cl)n1)C(=O)O. The zero-order valence-electron chi connectivity index (χ0n) is 8.44. The number of nitrogens with zero attached hydrogens (tertiary/aromatic N) is 2. The molecule has 0 bridgehead atoms. The van der Waals surface area contributed by atoms with Crippen molar-refractivity contribution in [3.05, 3.63) is 17.5 Å². The number of rotatable bonds is 4. The average Bonchev–Trinajstić information content (AvgIpc) is 2.13. The van der Waals surface area contributed by atoms with Crippen molar-refractivity contribution in [1.82, 2.24) is 9.97 Å². The van der Waals surface area contributed by atoms with Crippen LogP contribution in [0.25, 0.3) is 0 Å². The van der Waals surface area contributed by atoms with E-state index in [1.54, 1.807) is 0 Å². The zero-order chi connectivity index (χ0) is 11.4. The van der Waals surface area contributed by atoms with Crippen LogP contribution in [0.5, 0.6) is 0 Å². The molecule has 5 nitrogen and oxygen atoms in total. The van der Waals surface area contributed by atoms with Crippen LogP contribution < -0.4 is 5.32 Å². The third-order valence-corrected chi connectivity index (χ3v) is 2.02. The van der Waals surface area contributed by atoms with Crippen molar-refractivity contribution >= 4 is 23.4 Å². The lowest BCUT2D eigenvalue weighted by Crippen LogP contribution is -2.34. The summed E-state index contributed by atoms with van der Waals surface area (Å²) < 4.78 is 0. The van der Waals surface area contributed by atoms with Gasteiger partial charge in [-0.25, -0.2) is 9.78 Å². The van der Waals surface area contributed by atoms with Crippen molar-refractivity contribution in [1.29, 1.82) is 0 Å². The minimum absolute atomic E-state index is 0.0525. The van der Waals surface area contributed by atoms with Crippen LogP contribution >= 0.6 is 11.6 Å². The molecule has 1 atom stereocenters. The Bertz CT molecular complexity index is 357. The van der Waals surface area contributed by atoms with E-state index in [-0.39, 0.29) is 11.1 Å². The van der Waals surface area contributed by atoms with E-state index in [2.05, 4.69) is 15.3 Å². The number of hydrogen-bond donors (Lipinski definition) is 2. The molecule has 0 aliphatic heterocycles. The monoisotopic (exact) mass is 229 g/mol. The lowest BCUT2D eigenvalue weighted by Gasteiger charge is -2.17. The molecule has 0 aliphatic rings. The number of nitrogens with one attached hydrogen (secondary N) is 1. The summed E-state index contributed by atoms with van der Waals surface area (Å²) in [5.41, 5.74) is 0. The number of carbonyl (C=O) groups is 1. The fourth-order valence-corrected chi connectivity index (χ4v) is 1.23. The van der Waals surface area contributed by atoms with Gasteiger partial charge >= 0.3 is 5.97 Å². The Balaban J connectivity index is 2.79. The molecule has 1 aromatic heterocycles. The third-order valence-electron chi connectivity index (χ3n) is 1.84. The van der Waals surface area contributed by atoms with Crippen molar-refractivity contribution in [3.63, 3.8) is 0 Å². The van der Waals surface area contributed by atoms with Crippen molar-refractivity contribution in [2.45, 2.75) is 19.9 Å². The van der Waals surface area contributed by atoms with E-state index < -0.39 is 12.0 Å². The maximum atomic E-state index is 10.9. The van der Waals surface area contributed by atoms with Crippen LogP contribution in [0, 0.1) is 5.92 Å². The first-order valence-corrected chi connectivity index (χ1v) is 4.85. The summed E-state index contributed by atoms with van der Waals surface area (Å²) in [6, 6.07) is -0.697. The summed E-state index contributed by atoms with van der Waals surface area (Å²) in [5, 5.41) is 11.9. The number of aromatic nitrogens is 2. The molecule has 0 saturated carbocycles. The van der Waals surface area contributed by atoms with Gasteiger partial charge in [-0.2, -0.15) is 0 Å². The van der Waals surface area contributed by atoms with Crippen LogP contribution in [0.2, 0.25) is 5.15 Å². The Kier molecular flexibility index (Phi) is 3.85. The van der Waals surface area contributed by atoms with Gasteiger partial charge in [0.05, 0.1) is 12.4 Å². The number of anilines is 1. The predicted molar refractivity (Wildman–Crippen MR) is 56.9 cm³/mol. The lowest BCUT2D eigenvalue weighted by molar-refractivity contribution is -0.138. The molecule has 0 aliphatic carbocycles. The molecule has 0 aromatic carbocycles. The average molecular weight is 230 g/mol. The van der Waals surface area contributed by atoms with Gasteiger partial charge in [-0.05, 0) is 5.92 Å². The fourth-order valence-electron chi connectivity index (χ4n) is 1.08. The summed E-state index contributed by atoms with van der Waals surface area (Å²) in [4.78, 5) is 18.6. The number of carboxylic acids is 1. The van der Waals surface area contributed by atoms with E-state index in [0.29, 0.717) is 5.82 Å².